The Balaban J connectivity index is 1.20. The van der Waals surface area contributed by atoms with E-state index in [0.29, 0.717) is 6.61 Å². The van der Waals surface area contributed by atoms with Crippen molar-refractivity contribution in [1.29, 1.82) is 0 Å². The van der Waals surface area contributed by atoms with Gasteiger partial charge in [0.1, 0.15) is 12.4 Å². The molecular weight excluding hydrogens is 623 g/mol. The summed E-state index contributed by atoms with van der Waals surface area (Å²) in [6.45, 7) is 13.7. The second-order valence-electron chi connectivity index (χ2n) is 14.1. The maximum absolute atomic E-state index is 13.8. The van der Waals surface area contributed by atoms with Crippen LogP contribution in [0.3, 0.4) is 0 Å². The van der Waals surface area contributed by atoms with Gasteiger partial charge in [-0.05, 0) is 80.9 Å². The van der Waals surface area contributed by atoms with Gasteiger partial charge in [0, 0.05) is 27.8 Å². The predicted molar refractivity (Wildman–Crippen MR) is 207 cm³/mol. The van der Waals surface area contributed by atoms with Gasteiger partial charge in [-0.3, -0.25) is 4.79 Å². The number of benzene rings is 6. The van der Waals surface area contributed by atoms with Crippen molar-refractivity contribution in [3.05, 3.63) is 221 Å². The normalized spacial score (nSPS) is 18.0. The molecule has 0 aromatic heterocycles. The Hall–Kier alpha value is -6.19. The van der Waals surface area contributed by atoms with Crippen LogP contribution in [-0.4, -0.2) is 5.78 Å². The van der Waals surface area contributed by atoms with Gasteiger partial charge in [-0.1, -0.05) is 142 Å². The lowest BCUT2D eigenvalue weighted by Crippen LogP contribution is -2.39. The van der Waals surface area contributed by atoms with Crippen molar-refractivity contribution in [2.45, 2.75) is 31.3 Å². The zero-order chi connectivity index (χ0) is 34.9. The number of ether oxygens (including phenoxy) is 1. The number of hydrogen-bond acceptors (Lipinski definition) is 3. The molecule has 3 aliphatic rings. The first-order chi connectivity index (χ1) is 24.9. The number of carbonyl (C=O) groups is 1. The van der Waals surface area contributed by atoms with Gasteiger partial charge < -0.3 is 9.64 Å². The largest absolute Gasteiger partial charge is 0.489 e. The molecule has 1 unspecified atom stereocenters. The fraction of sp³-hybridized carbons (Fsp3) is 0.104. The Bertz CT molecular complexity index is 2420. The molecule has 1 atom stereocenters. The van der Waals surface area contributed by atoms with Crippen molar-refractivity contribution in [2.24, 2.45) is 0 Å². The van der Waals surface area contributed by atoms with Gasteiger partial charge in [-0.15, -0.1) is 0 Å². The fourth-order valence-corrected chi connectivity index (χ4v) is 8.88. The van der Waals surface area contributed by atoms with Crippen LogP contribution in [0.1, 0.15) is 63.1 Å². The number of para-hydroxylation sites is 2. The van der Waals surface area contributed by atoms with E-state index in [4.69, 9.17) is 4.74 Å². The van der Waals surface area contributed by atoms with Gasteiger partial charge in [0.15, 0.2) is 5.78 Å². The first-order valence-electron chi connectivity index (χ1n) is 17.5. The molecule has 0 bridgehead atoms. The molecule has 0 radical (unpaired) electrons. The van der Waals surface area contributed by atoms with Gasteiger partial charge in [0.05, 0.1) is 16.8 Å². The minimum absolute atomic E-state index is 0.0852. The van der Waals surface area contributed by atoms with Crippen LogP contribution in [0.15, 0.2) is 176 Å². The van der Waals surface area contributed by atoms with Crippen LogP contribution in [-0.2, 0) is 17.4 Å². The van der Waals surface area contributed by atoms with Crippen LogP contribution in [0.4, 0.5) is 11.4 Å². The first-order valence-corrected chi connectivity index (χ1v) is 17.5. The topological polar surface area (TPSA) is 29.5 Å². The minimum atomic E-state index is -0.677. The highest BCUT2D eigenvalue weighted by atomic mass is 16.5. The van der Waals surface area contributed by atoms with E-state index in [1.807, 2.05) is 36.4 Å². The lowest BCUT2D eigenvalue weighted by molar-refractivity contribution is 0.103. The van der Waals surface area contributed by atoms with Crippen LogP contribution in [0, 0.1) is 0 Å². The lowest BCUT2D eigenvalue weighted by atomic mass is 9.61. The Morgan fingerprint density at radius 1 is 0.627 bits per heavy atom. The predicted octanol–water partition coefficient (Wildman–Crippen LogP) is 11.2. The first kappa shape index (κ1) is 30.8. The maximum atomic E-state index is 13.8. The number of anilines is 2. The van der Waals surface area contributed by atoms with Crippen molar-refractivity contribution in [3.8, 4) is 16.9 Å². The smallest absolute Gasteiger partial charge is 0.193 e. The van der Waals surface area contributed by atoms with E-state index < -0.39 is 5.41 Å². The summed E-state index contributed by atoms with van der Waals surface area (Å²) in [5, 5.41) is 0. The summed E-state index contributed by atoms with van der Waals surface area (Å²) in [5.74, 6) is 0.946. The summed E-state index contributed by atoms with van der Waals surface area (Å²) in [6, 6.07) is 48.6. The molecule has 51 heavy (non-hydrogen) atoms. The third kappa shape index (κ3) is 4.28. The molecule has 0 N–H and O–H groups in total. The van der Waals surface area contributed by atoms with E-state index in [1.54, 1.807) is 0 Å². The molecule has 3 heteroatoms. The van der Waals surface area contributed by atoms with Crippen molar-refractivity contribution in [1.82, 2.24) is 0 Å². The Morgan fingerprint density at radius 3 is 2.02 bits per heavy atom. The second-order valence-corrected chi connectivity index (χ2v) is 14.1. The average Bonchev–Trinajstić information content (AvgIpc) is 3.32. The lowest BCUT2D eigenvalue weighted by Gasteiger charge is -2.46. The zero-order valence-electron chi connectivity index (χ0n) is 28.8. The summed E-state index contributed by atoms with van der Waals surface area (Å²) in [4.78, 5) is 16.0. The number of nitrogens with zero attached hydrogens (tertiary/aromatic N) is 1. The van der Waals surface area contributed by atoms with Crippen LogP contribution >= 0.6 is 0 Å². The van der Waals surface area contributed by atoms with Gasteiger partial charge in [0.25, 0.3) is 0 Å². The Kier molecular flexibility index (Phi) is 6.91. The summed E-state index contributed by atoms with van der Waals surface area (Å²) in [5.41, 5.74) is 13.5. The van der Waals surface area contributed by atoms with E-state index in [1.165, 1.54) is 5.56 Å². The highest BCUT2D eigenvalue weighted by Gasteiger charge is 2.49. The molecule has 246 valence electrons. The number of hydrogen-bond donors (Lipinski definition) is 0. The van der Waals surface area contributed by atoms with Gasteiger partial charge >= 0.3 is 0 Å². The van der Waals surface area contributed by atoms with E-state index in [-0.39, 0.29) is 11.2 Å². The minimum Gasteiger partial charge on any atom is -0.489 e. The molecule has 1 spiro atoms. The number of rotatable bonds is 4. The highest BCUT2D eigenvalue weighted by molar-refractivity contribution is 6.13. The van der Waals surface area contributed by atoms with Gasteiger partial charge in [0.2, 0.25) is 0 Å². The highest BCUT2D eigenvalue weighted by Crippen LogP contribution is 2.58. The molecule has 6 aromatic rings. The molecule has 0 fully saturated rings. The van der Waals surface area contributed by atoms with Crippen molar-refractivity contribution < 1.29 is 9.53 Å². The summed E-state index contributed by atoms with van der Waals surface area (Å²) in [7, 11) is 0. The van der Waals surface area contributed by atoms with Crippen molar-refractivity contribution >= 4 is 17.2 Å². The molecule has 2 aliphatic heterocycles. The molecule has 3 nitrogen and oxygen atoms in total. The van der Waals surface area contributed by atoms with Crippen LogP contribution in [0.25, 0.3) is 11.1 Å². The molecular formula is C48H37NO2. The second kappa shape index (κ2) is 11.4. The van der Waals surface area contributed by atoms with Gasteiger partial charge in [-0.2, -0.15) is 0 Å². The number of allylic oxidation sites excluding steroid dienone is 3. The molecule has 9 rings (SSSR count). The van der Waals surface area contributed by atoms with Gasteiger partial charge in [-0.25, -0.2) is 0 Å². The molecule has 1 aliphatic carbocycles. The van der Waals surface area contributed by atoms with Crippen LogP contribution < -0.4 is 9.64 Å². The summed E-state index contributed by atoms with van der Waals surface area (Å²) >= 11 is 0. The third-order valence-electron chi connectivity index (χ3n) is 11.2. The third-order valence-corrected chi connectivity index (χ3v) is 11.2. The molecule has 0 saturated heterocycles. The summed E-state index contributed by atoms with van der Waals surface area (Å²) in [6.07, 6.45) is 3.95. The number of fused-ring (bicyclic) bond motifs is 8. The van der Waals surface area contributed by atoms with Crippen LogP contribution in [0.5, 0.6) is 5.75 Å². The molecule has 0 amide bonds. The standard InChI is InChI=1S/C48H37NO2/c1-5-37-43(6-2)49(44-21-13-11-19-41(44)48(37)38-17-9-7-15-33(38)30-51-45-22-14-12-20-42(45)48)34-26-23-31(24-27-34)32-25-28-40-36(29-32)46(50)35-16-8-10-18-39(35)47(40,3)4/h5-29H,1-2,30H2,3-4H3. The van der Waals surface area contributed by atoms with E-state index in [0.717, 1.165) is 78.5 Å². The van der Waals surface area contributed by atoms with Crippen molar-refractivity contribution in [3.63, 3.8) is 0 Å². The monoisotopic (exact) mass is 659 g/mol. The fourth-order valence-electron chi connectivity index (χ4n) is 8.88. The number of ketones is 1. The molecule has 2 heterocycles. The van der Waals surface area contributed by atoms with E-state index >= 15 is 0 Å². The molecule has 0 saturated carbocycles. The molecule has 6 aromatic carbocycles. The Labute approximate surface area is 299 Å². The Morgan fingerprint density at radius 2 is 1.25 bits per heavy atom. The quantitative estimate of drug-likeness (QED) is 0.189. The zero-order valence-corrected chi connectivity index (χ0v) is 28.8. The van der Waals surface area contributed by atoms with E-state index in [2.05, 4.69) is 147 Å². The van der Waals surface area contributed by atoms with Crippen molar-refractivity contribution in [2.75, 3.05) is 4.90 Å². The number of carbonyl (C=O) groups excluding carboxylic acids is 1. The van der Waals surface area contributed by atoms with E-state index in [9.17, 15) is 4.79 Å². The SMILES string of the molecule is C=CC1=C(C=C)C2(c3ccccc3COc3ccccc32)c2ccccc2N1c1ccc(-c2ccc3c(c2)C(=O)c2ccccc2C3(C)C)cc1. The summed E-state index contributed by atoms with van der Waals surface area (Å²) < 4.78 is 6.50. The van der Waals surface area contributed by atoms with Crippen LogP contribution in [0.2, 0.25) is 0 Å². The maximum Gasteiger partial charge on any atom is 0.193 e. The average molecular weight is 660 g/mol.